The Morgan fingerprint density at radius 3 is 2.54 bits per heavy atom. The summed E-state index contributed by atoms with van der Waals surface area (Å²) in [6.45, 7) is 2.98. The molecule has 1 saturated heterocycles. The smallest absolute Gasteiger partial charge is 0.357 e. The zero-order valence-corrected chi connectivity index (χ0v) is 14.0. The second-order valence-electron chi connectivity index (χ2n) is 6.29. The van der Waals surface area contributed by atoms with Gasteiger partial charge in [-0.25, -0.2) is 4.79 Å². The van der Waals surface area contributed by atoms with Gasteiger partial charge in [0.25, 0.3) is 5.56 Å². The van der Waals surface area contributed by atoms with Gasteiger partial charge in [0, 0.05) is 38.8 Å². The molecule has 6 nitrogen and oxygen atoms in total. The van der Waals surface area contributed by atoms with Gasteiger partial charge in [0.2, 0.25) is 0 Å². The van der Waals surface area contributed by atoms with Crippen molar-refractivity contribution in [2.75, 3.05) is 31.1 Å². The molecule has 9 heteroatoms. The maximum atomic E-state index is 12.8. The molecule has 0 bridgehead atoms. The van der Waals surface area contributed by atoms with E-state index < -0.39 is 23.0 Å². The third kappa shape index (κ3) is 4.54. The molecule has 0 unspecified atom stereocenters. The zero-order chi connectivity index (χ0) is 18.7. The van der Waals surface area contributed by atoms with Crippen LogP contribution in [0.5, 0.6) is 0 Å². The van der Waals surface area contributed by atoms with Crippen LogP contribution in [-0.2, 0) is 12.7 Å². The molecule has 26 heavy (non-hydrogen) atoms. The fourth-order valence-corrected chi connectivity index (χ4v) is 3.10. The lowest BCUT2D eigenvalue weighted by molar-refractivity contribution is -0.137. The summed E-state index contributed by atoms with van der Waals surface area (Å²) in [7, 11) is 0. The zero-order valence-electron chi connectivity index (χ0n) is 14.0. The van der Waals surface area contributed by atoms with Gasteiger partial charge < -0.3 is 4.90 Å². The van der Waals surface area contributed by atoms with Crippen LogP contribution in [-0.4, -0.2) is 41.0 Å². The first-order valence-corrected chi connectivity index (χ1v) is 8.28. The van der Waals surface area contributed by atoms with E-state index in [1.165, 1.54) is 18.2 Å². The number of aromatic amines is 2. The summed E-state index contributed by atoms with van der Waals surface area (Å²) in [5.41, 5.74) is -1.06. The Labute approximate surface area is 147 Å². The molecule has 3 rings (SSSR count). The van der Waals surface area contributed by atoms with Crippen molar-refractivity contribution in [1.82, 2.24) is 14.9 Å². The summed E-state index contributed by atoms with van der Waals surface area (Å²) in [6, 6.07) is 6.69. The van der Waals surface area contributed by atoms with E-state index in [-0.39, 0.29) is 0 Å². The molecule has 1 aromatic carbocycles. The van der Waals surface area contributed by atoms with Crippen molar-refractivity contribution < 1.29 is 13.2 Å². The fourth-order valence-electron chi connectivity index (χ4n) is 3.10. The molecule has 0 atom stereocenters. The Kier molecular flexibility index (Phi) is 5.17. The summed E-state index contributed by atoms with van der Waals surface area (Å²) in [6.07, 6.45) is -3.58. The normalized spacial score (nSPS) is 16.5. The number of halogens is 3. The van der Waals surface area contributed by atoms with Crippen LogP contribution < -0.4 is 16.1 Å². The largest absolute Gasteiger partial charge is 0.416 e. The number of nitrogens with zero attached hydrogens (tertiary/aromatic N) is 2. The van der Waals surface area contributed by atoms with Gasteiger partial charge >= 0.3 is 11.9 Å². The van der Waals surface area contributed by atoms with Crippen molar-refractivity contribution in [3.63, 3.8) is 0 Å². The van der Waals surface area contributed by atoms with E-state index in [0.717, 1.165) is 19.0 Å². The Bertz CT molecular complexity index is 847. The molecule has 2 aromatic rings. The highest BCUT2D eigenvalue weighted by Gasteiger charge is 2.30. The predicted octanol–water partition coefficient (Wildman–Crippen LogP) is 1.79. The summed E-state index contributed by atoms with van der Waals surface area (Å²) in [5.74, 6) is 0.458. The molecule has 0 radical (unpaired) electrons. The Morgan fingerprint density at radius 2 is 1.81 bits per heavy atom. The van der Waals surface area contributed by atoms with Gasteiger partial charge in [-0.2, -0.15) is 13.2 Å². The quantitative estimate of drug-likeness (QED) is 0.867. The highest BCUT2D eigenvalue weighted by Crippen LogP contribution is 2.29. The van der Waals surface area contributed by atoms with Crippen molar-refractivity contribution in [2.24, 2.45) is 0 Å². The van der Waals surface area contributed by atoms with Gasteiger partial charge in [0.1, 0.15) is 5.82 Å². The van der Waals surface area contributed by atoms with E-state index in [1.54, 1.807) is 6.07 Å². The summed E-state index contributed by atoms with van der Waals surface area (Å²) >= 11 is 0. The second-order valence-corrected chi connectivity index (χ2v) is 6.29. The highest BCUT2D eigenvalue weighted by molar-refractivity contribution is 5.36. The number of hydrogen-bond acceptors (Lipinski definition) is 4. The number of nitrogens with one attached hydrogen (secondary N) is 2. The van der Waals surface area contributed by atoms with Gasteiger partial charge in [-0.15, -0.1) is 0 Å². The van der Waals surface area contributed by atoms with Crippen LogP contribution in [0, 0.1) is 0 Å². The number of benzene rings is 1. The van der Waals surface area contributed by atoms with Crippen molar-refractivity contribution in [1.29, 1.82) is 0 Å². The molecule has 2 heterocycles. The van der Waals surface area contributed by atoms with Crippen LogP contribution in [0.25, 0.3) is 0 Å². The molecule has 0 amide bonds. The van der Waals surface area contributed by atoms with Gasteiger partial charge in [-0.3, -0.25) is 19.7 Å². The van der Waals surface area contributed by atoms with E-state index >= 15 is 0 Å². The van der Waals surface area contributed by atoms with Crippen LogP contribution in [0.1, 0.15) is 17.5 Å². The minimum atomic E-state index is -4.35. The highest BCUT2D eigenvalue weighted by atomic mass is 19.4. The Balaban J connectivity index is 1.67. The first-order valence-electron chi connectivity index (χ1n) is 8.28. The van der Waals surface area contributed by atoms with Gasteiger partial charge in [-0.05, 0) is 18.1 Å². The number of alkyl halides is 3. The number of aromatic nitrogens is 2. The first-order chi connectivity index (χ1) is 12.3. The van der Waals surface area contributed by atoms with E-state index in [0.29, 0.717) is 37.6 Å². The lowest BCUT2D eigenvalue weighted by Gasteiger charge is -2.23. The molecule has 0 saturated carbocycles. The molecule has 1 aliphatic rings. The lowest BCUT2D eigenvalue weighted by Crippen LogP contribution is -2.33. The molecule has 140 valence electrons. The summed E-state index contributed by atoms with van der Waals surface area (Å²) in [5, 5.41) is 0. The Morgan fingerprint density at radius 1 is 1.00 bits per heavy atom. The van der Waals surface area contributed by atoms with E-state index in [4.69, 9.17) is 0 Å². The van der Waals surface area contributed by atoms with Crippen molar-refractivity contribution in [3.8, 4) is 0 Å². The monoisotopic (exact) mass is 368 g/mol. The number of H-pyrrole nitrogens is 2. The average molecular weight is 368 g/mol. The third-order valence-corrected chi connectivity index (χ3v) is 4.34. The maximum Gasteiger partial charge on any atom is 0.416 e. The predicted molar refractivity (Wildman–Crippen MR) is 91.2 cm³/mol. The minimum absolute atomic E-state index is 0.420. The first kappa shape index (κ1) is 18.2. The molecular weight excluding hydrogens is 349 g/mol. The molecule has 1 aromatic heterocycles. The SMILES string of the molecule is O=c1cc(N2CCCN(Cc3cccc(C(F)(F)F)c3)CC2)[nH]c(=O)[nH]1. The maximum absolute atomic E-state index is 12.8. The average Bonchev–Trinajstić information content (AvgIpc) is 2.79. The lowest BCUT2D eigenvalue weighted by atomic mass is 10.1. The van der Waals surface area contributed by atoms with Crippen molar-refractivity contribution in [3.05, 3.63) is 62.3 Å². The number of rotatable bonds is 3. The second kappa shape index (κ2) is 7.36. The van der Waals surface area contributed by atoms with Crippen LogP contribution >= 0.6 is 0 Å². The summed E-state index contributed by atoms with van der Waals surface area (Å²) in [4.78, 5) is 31.6. The topological polar surface area (TPSA) is 72.2 Å². The number of hydrogen-bond donors (Lipinski definition) is 2. The van der Waals surface area contributed by atoms with Gasteiger partial charge in [-0.1, -0.05) is 18.2 Å². The van der Waals surface area contributed by atoms with E-state index in [9.17, 15) is 22.8 Å². The fraction of sp³-hybridized carbons (Fsp3) is 0.412. The minimum Gasteiger partial charge on any atom is -0.357 e. The standard InChI is InChI=1S/C17H19F3N4O2/c18-17(19,20)13-4-1-3-12(9-13)11-23-5-2-6-24(8-7-23)14-10-15(25)22-16(26)21-14/h1,3-4,9-10H,2,5-8,11H2,(H2,21,22,25,26). The van der Waals surface area contributed by atoms with Crippen molar-refractivity contribution >= 4 is 5.82 Å². The van der Waals surface area contributed by atoms with E-state index in [2.05, 4.69) is 14.9 Å². The number of anilines is 1. The molecule has 1 fully saturated rings. The van der Waals surface area contributed by atoms with Crippen LogP contribution in [0.15, 0.2) is 39.9 Å². The molecular formula is C17H19F3N4O2. The molecule has 0 aliphatic carbocycles. The van der Waals surface area contributed by atoms with Crippen LogP contribution in [0.3, 0.4) is 0 Å². The van der Waals surface area contributed by atoms with Crippen LogP contribution in [0.2, 0.25) is 0 Å². The van der Waals surface area contributed by atoms with Crippen LogP contribution in [0.4, 0.5) is 19.0 Å². The molecule has 0 spiro atoms. The Hall–Kier alpha value is -2.55. The van der Waals surface area contributed by atoms with Gasteiger partial charge in [0.05, 0.1) is 5.56 Å². The molecule has 2 N–H and O–H groups in total. The van der Waals surface area contributed by atoms with Crippen molar-refractivity contribution in [2.45, 2.75) is 19.1 Å². The third-order valence-electron chi connectivity index (χ3n) is 4.34. The van der Waals surface area contributed by atoms with Gasteiger partial charge in [0.15, 0.2) is 0 Å². The van der Waals surface area contributed by atoms with E-state index in [1.807, 2.05) is 4.90 Å². The molecule has 1 aliphatic heterocycles. The summed E-state index contributed by atoms with van der Waals surface area (Å²) < 4.78 is 38.5.